The van der Waals surface area contributed by atoms with E-state index < -0.39 is 0 Å². The molecule has 0 rings (SSSR count). The smallest absolute Gasteiger partial charge is 0.0439 e. The Labute approximate surface area is 57.6 Å². The molecule has 0 aromatic rings. The van der Waals surface area contributed by atoms with Gasteiger partial charge in [0.25, 0.3) is 0 Å². The van der Waals surface area contributed by atoms with Crippen molar-refractivity contribution < 1.29 is 0 Å². The van der Waals surface area contributed by atoms with Crippen molar-refractivity contribution in [3.63, 3.8) is 0 Å². The molecule has 0 amide bonds. The Bertz CT molecular complexity index is 132. The fourth-order valence-electron chi connectivity index (χ4n) is 0.423. The first-order valence-corrected chi connectivity index (χ1v) is 3.20. The number of hydrogen-bond acceptors (Lipinski definition) is 0. The van der Waals surface area contributed by atoms with E-state index >= 15 is 0 Å². The van der Waals surface area contributed by atoms with E-state index in [0.29, 0.717) is 0 Å². The van der Waals surface area contributed by atoms with Crippen LogP contribution in [0.25, 0.3) is 0 Å². The SMILES string of the molecule is CC=CC=CC=C(C)C. The van der Waals surface area contributed by atoms with Crippen LogP contribution in [0, 0.1) is 0 Å². The van der Waals surface area contributed by atoms with E-state index in [9.17, 15) is 0 Å². The van der Waals surface area contributed by atoms with Crippen LogP contribution in [0.4, 0.5) is 0 Å². The highest BCUT2D eigenvalue weighted by molar-refractivity contribution is 5.13. The van der Waals surface area contributed by atoms with Gasteiger partial charge in [-0.25, -0.2) is 0 Å². The summed E-state index contributed by atoms with van der Waals surface area (Å²) in [5, 5.41) is 0. The Morgan fingerprint density at radius 1 is 1.00 bits per heavy atom. The lowest BCUT2D eigenvalue weighted by Gasteiger charge is -1.79. The molecule has 0 spiro atoms. The molecule has 0 bridgehead atoms. The highest BCUT2D eigenvalue weighted by atomic mass is 13.7. The van der Waals surface area contributed by atoms with Crippen molar-refractivity contribution in [3.05, 3.63) is 36.0 Å². The molecule has 0 aliphatic rings. The summed E-state index contributed by atoms with van der Waals surface area (Å²) >= 11 is 0. The summed E-state index contributed by atoms with van der Waals surface area (Å²) in [6.45, 7) is 6.17. The van der Waals surface area contributed by atoms with E-state index in [0.717, 1.165) is 0 Å². The Morgan fingerprint density at radius 2 is 1.67 bits per heavy atom. The lowest BCUT2D eigenvalue weighted by Crippen LogP contribution is -1.57. The highest BCUT2D eigenvalue weighted by Gasteiger charge is 1.66. The van der Waals surface area contributed by atoms with Crippen LogP contribution >= 0.6 is 0 Å². The Kier molecular flexibility index (Phi) is 4.89. The van der Waals surface area contributed by atoms with Crippen molar-refractivity contribution >= 4 is 0 Å². The Morgan fingerprint density at radius 3 is 2.11 bits per heavy atom. The predicted molar refractivity (Wildman–Crippen MR) is 43.4 cm³/mol. The maximum atomic E-state index is 2.08. The van der Waals surface area contributed by atoms with Gasteiger partial charge in [0.15, 0.2) is 0 Å². The molecule has 0 atom stereocenters. The Balaban J connectivity index is 3.60. The first-order valence-electron chi connectivity index (χ1n) is 3.20. The monoisotopic (exact) mass is 122 g/mol. The molecule has 0 saturated carbocycles. The van der Waals surface area contributed by atoms with Crippen LogP contribution in [0.1, 0.15) is 20.8 Å². The minimum atomic E-state index is 1.33. The lowest BCUT2D eigenvalue weighted by molar-refractivity contribution is 1.39. The van der Waals surface area contributed by atoms with Crippen LogP contribution < -0.4 is 0 Å². The van der Waals surface area contributed by atoms with Gasteiger partial charge in [0.05, 0.1) is 0 Å². The minimum absolute atomic E-state index is 1.33. The normalized spacial score (nSPS) is 11.0. The van der Waals surface area contributed by atoms with Gasteiger partial charge in [0.1, 0.15) is 0 Å². The first-order chi connectivity index (χ1) is 4.27. The number of allylic oxidation sites excluding steroid dienone is 6. The molecular formula is C9H14. The minimum Gasteiger partial charge on any atom is -0.0877 e. The van der Waals surface area contributed by atoms with Gasteiger partial charge >= 0.3 is 0 Å². The zero-order valence-corrected chi connectivity index (χ0v) is 6.39. The molecule has 9 heavy (non-hydrogen) atoms. The fourth-order valence-corrected chi connectivity index (χ4v) is 0.423. The molecule has 0 radical (unpaired) electrons. The molecule has 0 saturated heterocycles. The third-order valence-electron chi connectivity index (χ3n) is 0.844. The molecule has 0 nitrogen and oxygen atoms in total. The largest absolute Gasteiger partial charge is 0.0877 e. The molecule has 0 N–H and O–H groups in total. The van der Waals surface area contributed by atoms with Crippen molar-refractivity contribution in [3.8, 4) is 0 Å². The lowest BCUT2D eigenvalue weighted by atomic mass is 10.3. The second kappa shape index (κ2) is 5.36. The summed E-state index contributed by atoms with van der Waals surface area (Å²) in [6.07, 6.45) is 10.2. The van der Waals surface area contributed by atoms with Gasteiger partial charge in [-0.3, -0.25) is 0 Å². The summed E-state index contributed by atoms with van der Waals surface area (Å²) in [4.78, 5) is 0. The van der Waals surface area contributed by atoms with Crippen molar-refractivity contribution in [1.82, 2.24) is 0 Å². The summed E-state index contributed by atoms with van der Waals surface area (Å²) in [7, 11) is 0. The maximum absolute atomic E-state index is 2.08. The van der Waals surface area contributed by atoms with Crippen molar-refractivity contribution in [2.75, 3.05) is 0 Å². The zero-order chi connectivity index (χ0) is 7.11. The van der Waals surface area contributed by atoms with E-state index in [1.165, 1.54) is 5.57 Å². The van der Waals surface area contributed by atoms with Crippen LogP contribution in [0.2, 0.25) is 0 Å². The van der Waals surface area contributed by atoms with Crippen molar-refractivity contribution in [2.45, 2.75) is 20.8 Å². The van der Waals surface area contributed by atoms with E-state index in [-0.39, 0.29) is 0 Å². The van der Waals surface area contributed by atoms with Crippen LogP contribution in [-0.4, -0.2) is 0 Å². The van der Waals surface area contributed by atoms with Gasteiger partial charge in [-0.05, 0) is 20.8 Å². The molecule has 0 unspecified atom stereocenters. The van der Waals surface area contributed by atoms with Gasteiger partial charge in [0, 0.05) is 0 Å². The van der Waals surface area contributed by atoms with Gasteiger partial charge in [-0.2, -0.15) is 0 Å². The summed E-state index contributed by atoms with van der Waals surface area (Å²) in [5.41, 5.74) is 1.33. The predicted octanol–water partition coefficient (Wildman–Crippen LogP) is 3.08. The molecule has 50 valence electrons. The van der Waals surface area contributed by atoms with Crippen LogP contribution in [-0.2, 0) is 0 Å². The third-order valence-corrected chi connectivity index (χ3v) is 0.844. The molecule has 0 aliphatic carbocycles. The van der Waals surface area contributed by atoms with E-state index in [1.54, 1.807) is 0 Å². The van der Waals surface area contributed by atoms with E-state index in [1.807, 2.05) is 31.2 Å². The fraction of sp³-hybridized carbons (Fsp3) is 0.333. The topological polar surface area (TPSA) is 0 Å². The number of rotatable bonds is 2. The van der Waals surface area contributed by atoms with Crippen molar-refractivity contribution in [1.29, 1.82) is 0 Å². The van der Waals surface area contributed by atoms with Crippen LogP contribution in [0.3, 0.4) is 0 Å². The molecular weight excluding hydrogens is 108 g/mol. The zero-order valence-electron chi connectivity index (χ0n) is 6.39. The second-order valence-electron chi connectivity index (χ2n) is 2.15. The molecule has 0 fully saturated rings. The molecule has 0 heterocycles. The molecule has 0 aromatic heterocycles. The maximum Gasteiger partial charge on any atom is -0.0439 e. The van der Waals surface area contributed by atoms with Gasteiger partial charge in [-0.1, -0.05) is 36.0 Å². The third kappa shape index (κ3) is 7.22. The molecule has 0 aromatic carbocycles. The quantitative estimate of drug-likeness (QED) is 0.494. The average Bonchev–Trinajstić information content (AvgIpc) is 1.80. The summed E-state index contributed by atoms with van der Waals surface area (Å²) < 4.78 is 0. The summed E-state index contributed by atoms with van der Waals surface area (Å²) in [6, 6.07) is 0. The molecule has 0 heteroatoms. The van der Waals surface area contributed by atoms with Crippen molar-refractivity contribution in [2.24, 2.45) is 0 Å². The van der Waals surface area contributed by atoms with Gasteiger partial charge in [-0.15, -0.1) is 0 Å². The van der Waals surface area contributed by atoms with Crippen LogP contribution in [0.15, 0.2) is 36.0 Å². The second-order valence-corrected chi connectivity index (χ2v) is 2.15. The molecule has 0 aliphatic heterocycles. The van der Waals surface area contributed by atoms with E-state index in [4.69, 9.17) is 0 Å². The summed E-state index contributed by atoms with van der Waals surface area (Å²) in [5.74, 6) is 0. The van der Waals surface area contributed by atoms with Gasteiger partial charge < -0.3 is 0 Å². The average molecular weight is 122 g/mol. The van der Waals surface area contributed by atoms with Gasteiger partial charge in [0.2, 0.25) is 0 Å². The van der Waals surface area contributed by atoms with E-state index in [2.05, 4.69) is 19.9 Å². The standard InChI is InChI=1S/C9H14/c1-4-5-6-7-8-9(2)3/h4-8H,1-3H3. The number of hydrogen-bond donors (Lipinski definition) is 0. The van der Waals surface area contributed by atoms with Crippen LogP contribution in [0.5, 0.6) is 0 Å². The first kappa shape index (κ1) is 8.22. The highest BCUT2D eigenvalue weighted by Crippen LogP contribution is 1.88. The Hall–Kier alpha value is -0.780.